The molecule has 0 atom stereocenters. The van der Waals surface area contributed by atoms with E-state index in [0.717, 1.165) is 20.5 Å². The molecule has 1 aromatic heterocycles. The molecule has 0 radical (unpaired) electrons. The Morgan fingerprint density at radius 2 is 1.93 bits per heavy atom. The Bertz CT molecular complexity index is 1050. The zero-order valence-corrected chi connectivity index (χ0v) is 15.7. The quantitative estimate of drug-likeness (QED) is 0.661. The zero-order chi connectivity index (χ0) is 19.7. The van der Waals surface area contributed by atoms with Crippen LogP contribution in [0.4, 0.5) is 8.78 Å². The minimum absolute atomic E-state index is 0.159. The normalized spacial score (nSPS) is 11.2. The summed E-state index contributed by atoms with van der Waals surface area (Å²) in [5.41, 5.74) is 1.29. The number of alkyl halides is 2. The van der Waals surface area contributed by atoms with Crippen molar-refractivity contribution < 1.29 is 13.5 Å². The van der Waals surface area contributed by atoms with Crippen LogP contribution in [0.3, 0.4) is 0 Å². The van der Waals surface area contributed by atoms with Crippen molar-refractivity contribution >= 4 is 11.6 Å². The molecule has 0 amide bonds. The van der Waals surface area contributed by atoms with Gasteiger partial charge in [0.05, 0.1) is 5.69 Å². The number of aryl methyl sites for hydroxylation is 3. The molecular weight excluding hydrogens is 378 g/mol. The third kappa shape index (κ3) is 3.71. The zero-order valence-electron chi connectivity index (χ0n) is 14.9. The first-order valence-electron chi connectivity index (χ1n) is 8.08. The van der Waals surface area contributed by atoms with Crippen LogP contribution in [0.2, 0.25) is 5.02 Å². The van der Waals surface area contributed by atoms with Crippen LogP contribution in [0, 0.1) is 13.8 Å². The third-order valence-electron chi connectivity index (χ3n) is 4.20. The number of aromatic nitrogens is 4. The van der Waals surface area contributed by atoms with Gasteiger partial charge in [0, 0.05) is 23.2 Å². The second kappa shape index (κ2) is 7.48. The Balaban J connectivity index is 2.05. The van der Waals surface area contributed by atoms with Crippen molar-refractivity contribution in [2.45, 2.75) is 26.9 Å². The van der Waals surface area contributed by atoms with Gasteiger partial charge in [0.15, 0.2) is 0 Å². The molecule has 0 saturated carbocycles. The number of tetrazole rings is 1. The van der Waals surface area contributed by atoms with Gasteiger partial charge in [-0.3, -0.25) is 0 Å². The van der Waals surface area contributed by atoms with Crippen LogP contribution in [0.1, 0.15) is 28.7 Å². The van der Waals surface area contributed by atoms with Crippen molar-refractivity contribution in [3.05, 3.63) is 68.1 Å². The average molecular weight is 395 g/mol. The molecule has 142 valence electrons. The topological polar surface area (TPSA) is 61.9 Å². The molecule has 1 heterocycles. The SMILES string of the molecule is Cc1cc(C)c(OCc2c(C(F)F)cccc2-n2nnn(C)c2=O)cc1Cl. The fourth-order valence-electron chi connectivity index (χ4n) is 2.73. The Kier molecular flexibility index (Phi) is 5.27. The summed E-state index contributed by atoms with van der Waals surface area (Å²) in [7, 11) is 1.43. The first-order valence-corrected chi connectivity index (χ1v) is 8.46. The first-order chi connectivity index (χ1) is 12.8. The lowest BCUT2D eigenvalue weighted by atomic mass is 10.1. The highest BCUT2D eigenvalue weighted by molar-refractivity contribution is 6.31. The molecular formula is C18H17ClF2N4O2. The molecule has 0 fully saturated rings. The van der Waals surface area contributed by atoms with Crippen molar-refractivity contribution in [3.8, 4) is 11.4 Å². The molecule has 27 heavy (non-hydrogen) atoms. The average Bonchev–Trinajstić information content (AvgIpc) is 2.95. The van der Waals surface area contributed by atoms with E-state index in [-0.39, 0.29) is 23.4 Å². The number of rotatable bonds is 5. The fourth-order valence-corrected chi connectivity index (χ4v) is 2.88. The van der Waals surface area contributed by atoms with Gasteiger partial charge in [-0.05, 0) is 47.5 Å². The maximum atomic E-state index is 13.5. The summed E-state index contributed by atoms with van der Waals surface area (Å²) >= 11 is 6.13. The number of hydrogen-bond acceptors (Lipinski definition) is 4. The predicted octanol–water partition coefficient (Wildman–Crippen LogP) is 3.75. The Morgan fingerprint density at radius 3 is 2.56 bits per heavy atom. The highest BCUT2D eigenvalue weighted by atomic mass is 35.5. The van der Waals surface area contributed by atoms with Gasteiger partial charge < -0.3 is 4.74 Å². The summed E-state index contributed by atoms with van der Waals surface area (Å²) in [5, 5.41) is 7.89. The van der Waals surface area contributed by atoms with E-state index in [0.29, 0.717) is 10.8 Å². The third-order valence-corrected chi connectivity index (χ3v) is 4.61. The van der Waals surface area contributed by atoms with Crippen LogP contribution in [0.15, 0.2) is 35.1 Å². The molecule has 0 aliphatic rings. The van der Waals surface area contributed by atoms with Gasteiger partial charge in [-0.15, -0.1) is 0 Å². The van der Waals surface area contributed by atoms with Gasteiger partial charge in [0.2, 0.25) is 0 Å². The lowest BCUT2D eigenvalue weighted by Crippen LogP contribution is -2.23. The molecule has 9 heteroatoms. The molecule has 3 rings (SSSR count). The Hall–Kier alpha value is -2.74. The number of halogens is 3. The van der Waals surface area contributed by atoms with Gasteiger partial charge in [-0.25, -0.2) is 13.6 Å². The molecule has 0 bridgehead atoms. The van der Waals surface area contributed by atoms with Gasteiger partial charge in [-0.1, -0.05) is 29.8 Å². The van der Waals surface area contributed by atoms with Crippen LogP contribution in [-0.2, 0) is 13.7 Å². The minimum atomic E-state index is -2.74. The van der Waals surface area contributed by atoms with E-state index in [1.807, 2.05) is 19.9 Å². The van der Waals surface area contributed by atoms with Crippen molar-refractivity contribution in [1.82, 2.24) is 19.8 Å². The molecule has 6 nitrogen and oxygen atoms in total. The van der Waals surface area contributed by atoms with Gasteiger partial charge in [0.25, 0.3) is 6.43 Å². The summed E-state index contributed by atoms with van der Waals surface area (Å²) in [6.07, 6.45) is -2.74. The van der Waals surface area contributed by atoms with E-state index in [1.54, 1.807) is 6.07 Å². The molecule has 0 saturated heterocycles. The summed E-state index contributed by atoms with van der Waals surface area (Å²) < 4.78 is 34.9. The maximum Gasteiger partial charge on any atom is 0.368 e. The van der Waals surface area contributed by atoms with Crippen molar-refractivity contribution in [2.75, 3.05) is 0 Å². The Morgan fingerprint density at radius 1 is 1.19 bits per heavy atom. The van der Waals surface area contributed by atoms with Crippen molar-refractivity contribution in [3.63, 3.8) is 0 Å². The summed E-state index contributed by atoms with van der Waals surface area (Å²) in [6.45, 7) is 3.52. The van der Waals surface area contributed by atoms with Crippen LogP contribution >= 0.6 is 11.6 Å². The Labute approximate surface area is 158 Å². The monoisotopic (exact) mass is 394 g/mol. The first kappa shape index (κ1) is 19.0. The molecule has 0 aliphatic carbocycles. The lowest BCUT2D eigenvalue weighted by Gasteiger charge is -2.16. The second-order valence-corrected chi connectivity index (χ2v) is 6.51. The fraction of sp³-hybridized carbons (Fsp3) is 0.278. The van der Waals surface area contributed by atoms with Crippen LogP contribution in [0.25, 0.3) is 5.69 Å². The van der Waals surface area contributed by atoms with Gasteiger partial charge in [-0.2, -0.15) is 9.36 Å². The van der Waals surface area contributed by atoms with Gasteiger partial charge in [0.1, 0.15) is 12.4 Å². The molecule has 2 aromatic carbocycles. The lowest BCUT2D eigenvalue weighted by molar-refractivity contribution is 0.148. The second-order valence-electron chi connectivity index (χ2n) is 6.10. The predicted molar refractivity (Wildman–Crippen MR) is 96.8 cm³/mol. The number of benzene rings is 2. The van der Waals surface area contributed by atoms with Crippen molar-refractivity contribution in [1.29, 1.82) is 0 Å². The minimum Gasteiger partial charge on any atom is -0.488 e. The van der Waals surface area contributed by atoms with E-state index < -0.39 is 12.1 Å². The molecule has 0 unspecified atom stereocenters. The smallest absolute Gasteiger partial charge is 0.368 e. The van der Waals surface area contributed by atoms with Gasteiger partial charge >= 0.3 is 5.69 Å². The van der Waals surface area contributed by atoms with E-state index >= 15 is 0 Å². The van der Waals surface area contributed by atoms with E-state index in [4.69, 9.17) is 16.3 Å². The number of nitrogens with zero attached hydrogens (tertiary/aromatic N) is 4. The summed E-state index contributed by atoms with van der Waals surface area (Å²) in [4.78, 5) is 12.2. The van der Waals surface area contributed by atoms with Crippen LogP contribution in [0.5, 0.6) is 5.75 Å². The van der Waals surface area contributed by atoms with E-state index in [9.17, 15) is 13.6 Å². The van der Waals surface area contributed by atoms with Crippen LogP contribution in [-0.4, -0.2) is 19.8 Å². The van der Waals surface area contributed by atoms with E-state index in [1.165, 1.54) is 25.2 Å². The molecule has 0 aliphatic heterocycles. The standard InChI is InChI=1S/C18H17ClF2N4O2/c1-10-7-11(2)16(8-14(10)19)27-9-13-12(17(20)21)5-4-6-15(13)25-18(26)24(3)22-23-25/h4-8,17H,9H2,1-3H3. The van der Waals surface area contributed by atoms with Crippen molar-refractivity contribution in [2.24, 2.45) is 7.05 Å². The number of hydrogen-bond donors (Lipinski definition) is 0. The number of ether oxygens (including phenoxy) is 1. The maximum absolute atomic E-state index is 13.5. The highest BCUT2D eigenvalue weighted by Crippen LogP contribution is 2.30. The summed E-state index contributed by atoms with van der Waals surface area (Å²) in [5.74, 6) is 0.479. The van der Waals surface area contributed by atoms with E-state index in [2.05, 4.69) is 10.4 Å². The van der Waals surface area contributed by atoms with Crippen LogP contribution < -0.4 is 10.4 Å². The largest absolute Gasteiger partial charge is 0.488 e. The highest BCUT2D eigenvalue weighted by Gasteiger charge is 2.20. The molecule has 0 N–H and O–H groups in total. The molecule has 3 aromatic rings. The summed E-state index contributed by atoms with van der Waals surface area (Å²) in [6, 6.07) is 7.75. The molecule has 0 spiro atoms.